The van der Waals surface area contributed by atoms with Gasteiger partial charge >= 0.3 is 0 Å². The van der Waals surface area contributed by atoms with Crippen molar-refractivity contribution in [3.05, 3.63) is 55.5 Å². The highest BCUT2D eigenvalue weighted by Gasteiger charge is 2.19. The van der Waals surface area contributed by atoms with Gasteiger partial charge in [0.2, 0.25) is 0 Å². The van der Waals surface area contributed by atoms with Crippen LogP contribution in [0.3, 0.4) is 0 Å². The van der Waals surface area contributed by atoms with Crippen LogP contribution in [-0.2, 0) is 12.8 Å². The summed E-state index contributed by atoms with van der Waals surface area (Å²) in [5.74, 6) is 0. The third-order valence-corrected chi connectivity index (χ3v) is 4.51. The Bertz CT molecular complexity index is 861. The lowest BCUT2D eigenvalue weighted by Crippen LogP contribution is -2.19. The summed E-state index contributed by atoms with van der Waals surface area (Å²) in [7, 11) is 0. The number of aromatic amines is 1. The van der Waals surface area contributed by atoms with Crippen LogP contribution in [0.15, 0.2) is 35.1 Å². The van der Waals surface area contributed by atoms with Crippen LogP contribution in [0.25, 0.3) is 16.9 Å². The average Bonchev–Trinajstić information content (AvgIpc) is 3.06. The zero-order chi connectivity index (χ0) is 13.7. The molecule has 0 aliphatic heterocycles. The standard InChI is InChI=1S/C15H12IN3O/c16-10-6-4-9(5-7-10)13-8-14-17-12-3-1-2-11(12)15(20)19(14)18-13/h4-8,18H,1-3H2. The van der Waals surface area contributed by atoms with Crippen molar-refractivity contribution in [3.8, 4) is 11.3 Å². The fraction of sp³-hybridized carbons (Fsp3) is 0.200. The van der Waals surface area contributed by atoms with Gasteiger partial charge in [-0.05, 0) is 59.5 Å². The van der Waals surface area contributed by atoms with Crippen molar-refractivity contribution in [2.75, 3.05) is 0 Å². The number of rotatable bonds is 1. The molecule has 0 fully saturated rings. The zero-order valence-corrected chi connectivity index (χ0v) is 12.8. The van der Waals surface area contributed by atoms with Crippen LogP contribution < -0.4 is 5.56 Å². The van der Waals surface area contributed by atoms with E-state index in [9.17, 15) is 4.79 Å². The second-order valence-corrected chi connectivity index (χ2v) is 6.31. The lowest BCUT2D eigenvalue weighted by molar-refractivity contribution is 0.873. The Hall–Kier alpha value is -1.63. The van der Waals surface area contributed by atoms with E-state index in [1.165, 1.54) is 3.57 Å². The van der Waals surface area contributed by atoms with Crippen LogP contribution in [0.5, 0.6) is 0 Å². The quantitative estimate of drug-likeness (QED) is 0.664. The smallest absolute Gasteiger partial charge is 0.276 e. The first-order valence-corrected chi connectivity index (χ1v) is 7.70. The molecule has 2 heterocycles. The number of aromatic nitrogens is 3. The maximum absolute atomic E-state index is 12.4. The summed E-state index contributed by atoms with van der Waals surface area (Å²) in [6, 6.07) is 10.1. The zero-order valence-electron chi connectivity index (χ0n) is 10.7. The van der Waals surface area contributed by atoms with Gasteiger partial charge in [-0.2, -0.15) is 0 Å². The van der Waals surface area contributed by atoms with Crippen molar-refractivity contribution in [3.63, 3.8) is 0 Å². The fourth-order valence-electron chi connectivity index (χ4n) is 2.77. The molecule has 0 amide bonds. The minimum Gasteiger partial charge on any atom is -0.289 e. The second kappa shape index (κ2) is 4.44. The van der Waals surface area contributed by atoms with E-state index in [1.807, 2.05) is 18.2 Å². The molecule has 0 spiro atoms. The van der Waals surface area contributed by atoms with Crippen LogP contribution >= 0.6 is 22.6 Å². The van der Waals surface area contributed by atoms with E-state index in [0.29, 0.717) is 5.65 Å². The Balaban J connectivity index is 1.94. The molecule has 0 unspecified atom stereocenters. The first-order valence-electron chi connectivity index (χ1n) is 6.62. The number of fused-ring (bicyclic) bond motifs is 2. The summed E-state index contributed by atoms with van der Waals surface area (Å²) >= 11 is 2.28. The van der Waals surface area contributed by atoms with Crippen LogP contribution in [-0.4, -0.2) is 14.6 Å². The maximum Gasteiger partial charge on any atom is 0.276 e. The van der Waals surface area contributed by atoms with E-state index in [-0.39, 0.29) is 5.56 Å². The molecule has 0 saturated carbocycles. The van der Waals surface area contributed by atoms with E-state index in [2.05, 4.69) is 44.8 Å². The van der Waals surface area contributed by atoms with Gasteiger partial charge in [0, 0.05) is 15.2 Å². The third-order valence-electron chi connectivity index (χ3n) is 3.79. The van der Waals surface area contributed by atoms with Gasteiger partial charge in [-0.3, -0.25) is 9.89 Å². The Morgan fingerprint density at radius 3 is 2.80 bits per heavy atom. The second-order valence-electron chi connectivity index (χ2n) is 5.07. The van der Waals surface area contributed by atoms with Gasteiger partial charge in [0.25, 0.3) is 5.56 Å². The lowest BCUT2D eigenvalue weighted by Gasteiger charge is -1.99. The van der Waals surface area contributed by atoms with Crippen molar-refractivity contribution < 1.29 is 0 Å². The highest BCUT2D eigenvalue weighted by atomic mass is 127. The number of hydrogen-bond donors (Lipinski definition) is 1. The number of H-pyrrole nitrogens is 1. The van der Waals surface area contributed by atoms with Crippen LogP contribution in [0.2, 0.25) is 0 Å². The highest BCUT2D eigenvalue weighted by Crippen LogP contribution is 2.22. The molecule has 0 saturated heterocycles. The molecule has 1 N–H and O–H groups in total. The van der Waals surface area contributed by atoms with Crippen molar-refractivity contribution in [1.29, 1.82) is 0 Å². The molecule has 5 heteroatoms. The number of halogens is 1. The number of hydrogen-bond acceptors (Lipinski definition) is 2. The predicted molar refractivity (Wildman–Crippen MR) is 86.0 cm³/mol. The Kier molecular flexibility index (Phi) is 2.70. The Morgan fingerprint density at radius 2 is 2.00 bits per heavy atom. The minimum atomic E-state index is 0.0549. The summed E-state index contributed by atoms with van der Waals surface area (Å²) < 4.78 is 2.76. The van der Waals surface area contributed by atoms with Crippen LogP contribution in [0.1, 0.15) is 17.7 Å². The van der Waals surface area contributed by atoms with Crippen molar-refractivity contribution in [2.45, 2.75) is 19.3 Å². The molecule has 0 atom stereocenters. The van der Waals surface area contributed by atoms with E-state index < -0.39 is 0 Å². The molecule has 1 aromatic carbocycles. The van der Waals surface area contributed by atoms with Gasteiger partial charge in [-0.15, -0.1) is 0 Å². The van der Waals surface area contributed by atoms with Gasteiger partial charge in [0.1, 0.15) is 0 Å². The van der Waals surface area contributed by atoms with Crippen LogP contribution in [0, 0.1) is 3.57 Å². The first kappa shape index (κ1) is 12.1. The molecule has 3 aromatic rings. The summed E-state index contributed by atoms with van der Waals surface area (Å²) in [5, 5.41) is 3.17. The number of benzene rings is 1. The number of nitrogens with one attached hydrogen (secondary N) is 1. The summed E-state index contributed by atoms with van der Waals surface area (Å²) in [6.07, 6.45) is 2.81. The summed E-state index contributed by atoms with van der Waals surface area (Å²) in [4.78, 5) is 17.0. The maximum atomic E-state index is 12.4. The van der Waals surface area contributed by atoms with Crippen molar-refractivity contribution in [1.82, 2.24) is 14.6 Å². The van der Waals surface area contributed by atoms with Crippen molar-refractivity contribution >= 4 is 28.2 Å². The average molecular weight is 377 g/mol. The Labute approximate surface area is 129 Å². The predicted octanol–water partition coefficient (Wildman–Crippen LogP) is 2.78. The van der Waals surface area contributed by atoms with Crippen molar-refractivity contribution in [2.24, 2.45) is 0 Å². The molecule has 20 heavy (non-hydrogen) atoms. The van der Waals surface area contributed by atoms with Gasteiger partial charge in [0.15, 0.2) is 5.65 Å². The molecular formula is C15H12IN3O. The molecule has 1 aliphatic rings. The van der Waals surface area contributed by atoms with E-state index >= 15 is 0 Å². The first-order chi connectivity index (χ1) is 9.72. The third kappa shape index (κ3) is 1.80. The molecule has 2 aromatic heterocycles. The van der Waals surface area contributed by atoms with Crippen LogP contribution in [0.4, 0.5) is 0 Å². The summed E-state index contributed by atoms with van der Waals surface area (Å²) in [6.45, 7) is 0. The van der Waals surface area contributed by atoms with Gasteiger partial charge in [0.05, 0.1) is 11.4 Å². The molecule has 100 valence electrons. The lowest BCUT2D eigenvalue weighted by atomic mass is 10.2. The van der Waals surface area contributed by atoms with E-state index in [0.717, 1.165) is 41.8 Å². The fourth-order valence-corrected chi connectivity index (χ4v) is 3.13. The number of nitrogens with zero attached hydrogens (tertiary/aromatic N) is 2. The topological polar surface area (TPSA) is 50.2 Å². The van der Waals surface area contributed by atoms with Gasteiger partial charge in [-0.25, -0.2) is 9.50 Å². The van der Waals surface area contributed by atoms with Gasteiger partial charge < -0.3 is 0 Å². The SMILES string of the molecule is O=c1c2c(nc3cc(-c4ccc(I)cc4)[nH]n13)CCC2. The molecule has 1 aliphatic carbocycles. The van der Waals surface area contributed by atoms with E-state index in [4.69, 9.17) is 0 Å². The minimum absolute atomic E-state index is 0.0549. The number of aryl methyl sites for hydroxylation is 1. The largest absolute Gasteiger partial charge is 0.289 e. The molecule has 4 nitrogen and oxygen atoms in total. The normalized spacial score (nSPS) is 13.8. The monoisotopic (exact) mass is 377 g/mol. The summed E-state index contributed by atoms with van der Waals surface area (Å²) in [5.41, 5.74) is 4.61. The molecular weight excluding hydrogens is 365 g/mol. The molecule has 0 radical (unpaired) electrons. The molecule has 4 rings (SSSR count). The molecule has 0 bridgehead atoms. The van der Waals surface area contributed by atoms with E-state index in [1.54, 1.807) is 4.52 Å². The highest BCUT2D eigenvalue weighted by molar-refractivity contribution is 14.1. The van der Waals surface area contributed by atoms with Gasteiger partial charge in [-0.1, -0.05) is 12.1 Å². The Morgan fingerprint density at radius 1 is 1.20 bits per heavy atom.